The number of hydrogen-bond donors (Lipinski definition) is 2. The predicted molar refractivity (Wildman–Crippen MR) is 72.4 cm³/mol. The van der Waals surface area contributed by atoms with Crippen LogP contribution < -0.4 is 10.6 Å². The first kappa shape index (κ1) is 13.2. The lowest BCUT2D eigenvalue weighted by molar-refractivity contribution is -0.114. The molecule has 0 aliphatic heterocycles. The van der Waals surface area contributed by atoms with Crippen molar-refractivity contribution in [3.05, 3.63) is 47.4 Å². The summed E-state index contributed by atoms with van der Waals surface area (Å²) >= 11 is 5.59. The molecule has 0 spiro atoms. The van der Waals surface area contributed by atoms with Gasteiger partial charge in [-0.25, -0.2) is 0 Å². The Morgan fingerprint density at radius 1 is 1.00 bits per heavy atom. The summed E-state index contributed by atoms with van der Waals surface area (Å²) in [5.41, 5.74) is 1.25. The number of nitrogens with one attached hydrogen (secondary N) is 2. The van der Waals surface area contributed by atoms with Crippen molar-refractivity contribution in [2.45, 2.75) is 6.92 Å². The molecule has 2 rings (SSSR count). The van der Waals surface area contributed by atoms with Gasteiger partial charge >= 0.3 is 0 Å². The number of benzene rings is 1. The van der Waals surface area contributed by atoms with Gasteiger partial charge < -0.3 is 15.1 Å². The van der Waals surface area contributed by atoms with Crippen molar-refractivity contribution in [2.75, 3.05) is 10.6 Å². The summed E-state index contributed by atoms with van der Waals surface area (Å²) in [4.78, 5) is 22.6. The van der Waals surface area contributed by atoms with E-state index in [1.165, 1.54) is 19.1 Å². The predicted octanol–water partition coefficient (Wildman–Crippen LogP) is 3.14. The number of furan rings is 1. The van der Waals surface area contributed by atoms with Crippen LogP contribution in [0.1, 0.15) is 17.5 Å². The molecule has 19 heavy (non-hydrogen) atoms. The molecule has 1 aromatic heterocycles. The van der Waals surface area contributed by atoms with Gasteiger partial charge in [0.15, 0.2) is 11.0 Å². The first-order valence-corrected chi connectivity index (χ1v) is 5.87. The van der Waals surface area contributed by atoms with Crippen LogP contribution in [0, 0.1) is 0 Å². The Morgan fingerprint density at radius 3 is 2.05 bits per heavy atom. The van der Waals surface area contributed by atoms with E-state index in [4.69, 9.17) is 16.0 Å². The maximum absolute atomic E-state index is 11.8. The van der Waals surface area contributed by atoms with Gasteiger partial charge in [-0.3, -0.25) is 9.59 Å². The molecule has 1 heterocycles. The molecule has 6 heteroatoms. The second-order valence-corrected chi connectivity index (χ2v) is 4.19. The van der Waals surface area contributed by atoms with Gasteiger partial charge in [-0.1, -0.05) is 0 Å². The summed E-state index contributed by atoms with van der Waals surface area (Å²) in [6.45, 7) is 1.43. The van der Waals surface area contributed by atoms with Crippen molar-refractivity contribution < 1.29 is 14.0 Å². The Balaban J connectivity index is 2.03. The van der Waals surface area contributed by atoms with Crippen molar-refractivity contribution in [3.63, 3.8) is 0 Å². The van der Waals surface area contributed by atoms with E-state index in [-0.39, 0.29) is 22.8 Å². The smallest absolute Gasteiger partial charge is 0.291 e. The lowest BCUT2D eigenvalue weighted by Gasteiger charge is -2.05. The second kappa shape index (κ2) is 5.58. The zero-order valence-corrected chi connectivity index (χ0v) is 10.8. The summed E-state index contributed by atoms with van der Waals surface area (Å²) in [5, 5.41) is 5.44. The average Bonchev–Trinajstić information content (AvgIpc) is 2.78. The third-order valence-electron chi connectivity index (χ3n) is 2.26. The molecule has 0 saturated heterocycles. The van der Waals surface area contributed by atoms with E-state index in [2.05, 4.69) is 10.6 Å². The van der Waals surface area contributed by atoms with Crippen molar-refractivity contribution in [3.8, 4) is 0 Å². The van der Waals surface area contributed by atoms with Crippen LogP contribution >= 0.6 is 11.6 Å². The van der Waals surface area contributed by atoms with Crippen molar-refractivity contribution in [1.82, 2.24) is 0 Å². The number of anilines is 2. The summed E-state index contributed by atoms with van der Waals surface area (Å²) in [6, 6.07) is 9.71. The highest BCUT2D eigenvalue weighted by Crippen LogP contribution is 2.17. The topological polar surface area (TPSA) is 71.3 Å². The summed E-state index contributed by atoms with van der Waals surface area (Å²) < 4.78 is 4.99. The summed E-state index contributed by atoms with van der Waals surface area (Å²) in [5.74, 6) is -0.405. The number of hydrogen-bond acceptors (Lipinski definition) is 3. The fourth-order valence-electron chi connectivity index (χ4n) is 1.47. The van der Waals surface area contributed by atoms with Crippen LogP contribution in [0.25, 0.3) is 0 Å². The van der Waals surface area contributed by atoms with Gasteiger partial charge in [0.2, 0.25) is 5.91 Å². The molecule has 2 N–H and O–H groups in total. The zero-order valence-electron chi connectivity index (χ0n) is 10.1. The molecule has 0 unspecified atom stereocenters. The lowest BCUT2D eigenvalue weighted by Crippen LogP contribution is -2.11. The molecule has 0 radical (unpaired) electrons. The van der Waals surface area contributed by atoms with E-state index in [0.29, 0.717) is 11.4 Å². The Morgan fingerprint density at radius 2 is 1.58 bits per heavy atom. The van der Waals surface area contributed by atoms with Crippen LogP contribution in [0.4, 0.5) is 11.4 Å². The second-order valence-electron chi connectivity index (χ2n) is 3.82. The molecular formula is C13H11ClN2O3. The molecule has 0 fully saturated rings. The normalized spacial score (nSPS) is 10.0. The van der Waals surface area contributed by atoms with E-state index in [9.17, 15) is 9.59 Å². The van der Waals surface area contributed by atoms with Gasteiger partial charge in [0.25, 0.3) is 5.91 Å². The third kappa shape index (κ3) is 3.59. The average molecular weight is 279 g/mol. The number of halogens is 1. The van der Waals surface area contributed by atoms with Crippen LogP contribution in [0.5, 0.6) is 0 Å². The monoisotopic (exact) mass is 278 g/mol. The largest absolute Gasteiger partial charge is 0.440 e. The SMILES string of the molecule is CC(=O)Nc1ccc(NC(=O)c2ccc(Cl)o2)cc1. The molecule has 5 nitrogen and oxygen atoms in total. The fourth-order valence-corrected chi connectivity index (χ4v) is 1.62. The van der Waals surface area contributed by atoms with Crippen molar-refractivity contribution in [2.24, 2.45) is 0 Å². The number of rotatable bonds is 3. The molecule has 1 aromatic carbocycles. The zero-order chi connectivity index (χ0) is 13.8. The highest BCUT2D eigenvalue weighted by molar-refractivity contribution is 6.29. The minimum absolute atomic E-state index is 0.135. The van der Waals surface area contributed by atoms with Crippen molar-refractivity contribution in [1.29, 1.82) is 0 Å². The maximum atomic E-state index is 11.8. The molecule has 2 aromatic rings. The Kier molecular flexibility index (Phi) is 3.87. The van der Waals surface area contributed by atoms with Crippen LogP contribution in [0.3, 0.4) is 0 Å². The standard InChI is InChI=1S/C13H11ClN2O3/c1-8(17)15-9-2-4-10(5-3-9)16-13(18)11-6-7-12(14)19-11/h2-7H,1H3,(H,15,17)(H,16,18). The maximum Gasteiger partial charge on any atom is 0.291 e. The first-order chi connectivity index (χ1) is 9.04. The molecule has 0 bridgehead atoms. The van der Waals surface area contributed by atoms with Gasteiger partial charge in [0.1, 0.15) is 0 Å². The number of carbonyl (C=O) groups excluding carboxylic acids is 2. The summed E-state index contributed by atoms with van der Waals surface area (Å²) in [7, 11) is 0. The highest BCUT2D eigenvalue weighted by atomic mass is 35.5. The van der Waals surface area contributed by atoms with E-state index in [1.807, 2.05) is 0 Å². The van der Waals surface area contributed by atoms with Crippen LogP contribution in [0.2, 0.25) is 5.22 Å². The van der Waals surface area contributed by atoms with Gasteiger partial charge in [-0.2, -0.15) is 0 Å². The Labute approximate surface area is 114 Å². The quantitative estimate of drug-likeness (QED) is 0.906. The van der Waals surface area contributed by atoms with E-state index >= 15 is 0 Å². The lowest BCUT2D eigenvalue weighted by atomic mass is 10.2. The first-order valence-electron chi connectivity index (χ1n) is 5.49. The molecule has 0 aliphatic carbocycles. The Hall–Kier alpha value is -2.27. The molecular weight excluding hydrogens is 268 g/mol. The fraction of sp³-hybridized carbons (Fsp3) is 0.0769. The third-order valence-corrected chi connectivity index (χ3v) is 2.46. The van der Waals surface area contributed by atoms with Gasteiger partial charge in [0, 0.05) is 18.3 Å². The van der Waals surface area contributed by atoms with E-state index in [0.717, 1.165) is 0 Å². The molecule has 0 atom stereocenters. The van der Waals surface area contributed by atoms with Gasteiger partial charge in [-0.05, 0) is 48.0 Å². The highest BCUT2D eigenvalue weighted by Gasteiger charge is 2.10. The van der Waals surface area contributed by atoms with Gasteiger partial charge in [0.05, 0.1) is 0 Å². The molecule has 0 saturated carbocycles. The van der Waals surface area contributed by atoms with Crippen LogP contribution in [-0.2, 0) is 4.79 Å². The van der Waals surface area contributed by atoms with E-state index < -0.39 is 0 Å². The van der Waals surface area contributed by atoms with Crippen LogP contribution in [0.15, 0.2) is 40.8 Å². The molecule has 2 amide bonds. The molecule has 0 aliphatic rings. The molecule has 98 valence electrons. The minimum atomic E-state index is -0.390. The summed E-state index contributed by atoms with van der Waals surface area (Å²) in [6.07, 6.45) is 0. The van der Waals surface area contributed by atoms with E-state index in [1.54, 1.807) is 24.3 Å². The Bertz CT molecular complexity index is 605. The number of amides is 2. The minimum Gasteiger partial charge on any atom is -0.440 e. The number of carbonyl (C=O) groups is 2. The van der Waals surface area contributed by atoms with Gasteiger partial charge in [-0.15, -0.1) is 0 Å². The van der Waals surface area contributed by atoms with Crippen molar-refractivity contribution >= 4 is 34.8 Å². The van der Waals surface area contributed by atoms with Crippen LogP contribution in [-0.4, -0.2) is 11.8 Å².